The monoisotopic (exact) mass is 558 g/mol. The maximum Gasteiger partial charge on any atom is 0.175 e. The quantitative estimate of drug-likeness (QED) is 0.198. The molecular weight excluding hydrogens is 536 g/mol. The fourth-order valence-electron chi connectivity index (χ4n) is 5.56. The van der Waals surface area contributed by atoms with Crippen molar-refractivity contribution in [1.29, 1.82) is 0 Å². The fourth-order valence-corrected chi connectivity index (χ4v) is 14.6. The average molecular weight is 559 g/mol. The number of aryl methyl sites for hydroxylation is 4. The highest BCUT2D eigenvalue weighted by molar-refractivity contribution is 7.90. The smallest absolute Gasteiger partial charge is 0.175 e. The first kappa shape index (κ1) is 22.9. The van der Waals surface area contributed by atoms with E-state index in [9.17, 15) is 0 Å². The van der Waals surface area contributed by atoms with E-state index in [0.717, 1.165) is 21.5 Å². The van der Waals surface area contributed by atoms with E-state index < -0.39 is 7.14 Å². The molecule has 4 aromatic heterocycles. The van der Waals surface area contributed by atoms with Crippen molar-refractivity contribution < 1.29 is 4.57 Å². The topological polar surface area (TPSA) is 17.1 Å². The van der Waals surface area contributed by atoms with Gasteiger partial charge >= 0.3 is 0 Å². The van der Waals surface area contributed by atoms with E-state index in [4.69, 9.17) is 0 Å². The van der Waals surface area contributed by atoms with Crippen LogP contribution in [0.3, 0.4) is 0 Å². The Kier molecular flexibility index (Phi) is 5.16. The summed E-state index contributed by atoms with van der Waals surface area (Å²) in [7, 11) is -3.13. The molecule has 1 nitrogen and oxygen atoms in total. The van der Waals surface area contributed by atoms with Crippen LogP contribution in [0.25, 0.3) is 30.4 Å². The molecule has 5 heterocycles. The van der Waals surface area contributed by atoms with Gasteiger partial charge in [0.15, 0.2) is 7.14 Å². The molecule has 0 bridgehead atoms. The predicted molar refractivity (Wildman–Crippen MR) is 164 cm³/mol. The molecular formula is C30H23OPS4. The third-order valence-corrected chi connectivity index (χ3v) is 15.0. The van der Waals surface area contributed by atoms with Gasteiger partial charge in [0, 0.05) is 56.2 Å². The number of hydrogen-bond donors (Lipinski definition) is 0. The van der Waals surface area contributed by atoms with Gasteiger partial charge < -0.3 is 4.57 Å². The Balaban J connectivity index is 1.71. The van der Waals surface area contributed by atoms with Crippen LogP contribution in [0.2, 0.25) is 0 Å². The van der Waals surface area contributed by atoms with Crippen LogP contribution in [0.4, 0.5) is 0 Å². The van der Waals surface area contributed by atoms with Crippen LogP contribution in [-0.2, 0) is 4.57 Å². The summed E-state index contributed by atoms with van der Waals surface area (Å²) in [5.41, 5.74) is 3.59. The van der Waals surface area contributed by atoms with E-state index in [1.165, 1.54) is 55.0 Å². The van der Waals surface area contributed by atoms with Crippen LogP contribution < -0.4 is 10.6 Å². The maximum absolute atomic E-state index is 15.9. The molecule has 2 aromatic carbocycles. The minimum atomic E-state index is -3.13. The zero-order chi connectivity index (χ0) is 24.8. The van der Waals surface area contributed by atoms with Gasteiger partial charge in [-0.25, -0.2) is 0 Å². The van der Waals surface area contributed by atoms with Gasteiger partial charge in [-0.2, -0.15) is 0 Å². The van der Waals surface area contributed by atoms with Gasteiger partial charge in [0.05, 0.1) is 14.7 Å². The highest BCUT2D eigenvalue weighted by atomic mass is 32.1. The molecule has 1 atom stereocenters. The molecule has 0 fully saturated rings. The van der Waals surface area contributed by atoms with Crippen LogP contribution in [0.5, 0.6) is 0 Å². The Hall–Kier alpha value is -2.27. The number of thiophene rings is 4. The Morgan fingerprint density at radius 3 is 1.97 bits per heavy atom. The number of fused-ring (bicyclic) bond motifs is 5. The van der Waals surface area contributed by atoms with Crippen molar-refractivity contribution in [1.82, 2.24) is 0 Å². The van der Waals surface area contributed by atoms with Crippen LogP contribution in [0.1, 0.15) is 35.5 Å². The Labute approximate surface area is 226 Å². The summed E-state index contributed by atoms with van der Waals surface area (Å²) in [4.78, 5) is 6.28. The lowest BCUT2D eigenvalue weighted by Crippen LogP contribution is -2.14. The largest absolute Gasteiger partial charge is 0.308 e. The SMILES string of the molecule is Cc1cc(C2=C(c3cc(C)sc3C)P(=O)(c3ccccc3)c3c2sc2c3sc3ccccc32)c(C)s1. The molecule has 0 aliphatic carbocycles. The highest BCUT2D eigenvalue weighted by Gasteiger charge is 2.47. The molecule has 0 saturated carbocycles. The van der Waals surface area contributed by atoms with Crippen LogP contribution in [-0.4, -0.2) is 0 Å². The second-order valence-electron chi connectivity index (χ2n) is 9.36. The van der Waals surface area contributed by atoms with Gasteiger partial charge in [0.1, 0.15) is 0 Å². The third kappa shape index (κ3) is 3.07. The van der Waals surface area contributed by atoms with Gasteiger partial charge in [-0.1, -0.05) is 48.5 Å². The second-order valence-corrected chi connectivity index (χ2v) is 17.0. The summed E-state index contributed by atoms with van der Waals surface area (Å²) in [5.74, 6) is 0. The minimum absolute atomic E-state index is 0.932. The standard InChI is InChI=1S/C30H23OPS4/c1-16-14-22(18(3)33-16)25-26(23-15-17(2)34-19(23)4)32(31,20-10-6-5-7-11-20)27-29(25)36-28-21-12-8-9-13-24(21)35-30(27)28/h5-15H,1-4H3. The van der Waals surface area contributed by atoms with Crippen LogP contribution >= 0.6 is 52.5 Å². The predicted octanol–water partition coefficient (Wildman–Crippen LogP) is 9.72. The third-order valence-electron chi connectivity index (χ3n) is 7.00. The molecule has 6 aromatic rings. The van der Waals surface area contributed by atoms with Crippen molar-refractivity contribution in [3.63, 3.8) is 0 Å². The molecule has 0 radical (unpaired) electrons. The van der Waals surface area contributed by atoms with Crippen molar-refractivity contribution in [2.24, 2.45) is 0 Å². The van der Waals surface area contributed by atoms with E-state index in [0.29, 0.717) is 0 Å². The molecule has 1 aliphatic rings. The Morgan fingerprint density at radius 1 is 0.667 bits per heavy atom. The maximum atomic E-state index is 15.9. The van der Waals surface area contributed by atoms with Gasteiger partial charge in [-0.15, -0.1) is 45.3 Å². The molecule has 6 heteroatoms. The lowest BCUT2D eigenvalue weighted by Gasteiger charge is -2.19. The molecule has 0 amide bonds. The summed E-state index contributed by atoms with van der Waals surface area (Å²) in [6.45, 7) is 8.72. The lowest BCUT2D eigenvalue weighted by atomic mass is 10.0. The highest BCUT2D eigenvalue weighted by Crippen LogP contribution is 2.69. The van der Waals surface area contributed by atoms with E-state index >= 15 is 4.57 Å². The van der Waals surface area contributed by atoms with Crippen molar-refractivity contribution in [2.75, 3.05) is 0 Å². The van der Waals surface area contributed by atoms with Crippen LogP contribution in [0.15, 0.2) is 66.7 Å². The number of benzene rings is 2. The first-order chi connectivity index (χ1) is 17.4. The van der Waals surface area contributed by atoms with E-state index in [1.54, 1.807) is 22.7 Å². The van der Waals surface area contributed by atoms with Crippen molar-refractivity contribution in [3.05, 3.63) is 102 Å². The summed E-state index contributed by atoms with van der Waals surface area (Å²) < 4.78 is 19.7. The molecule has 1 aliphatic heterocycles. The first-order valence-electron chi connectivity index (χ1n) is 11.9. The van der Waals surface area contributed by atoms with Crippen LogP contribution in [0, 0.1) is 27.7 Å². The summed E-state index contributed by atoms with van der Waals surface area (Å²) in [6.07, 6.45) is 0. The Morgan fingerprint density at radius 2 is 1.31 bits per heavy atom. The van der Waals surface area contributed by atoms with E-state index in [-0.39, 0.29) is 0 Å². The number of rotatable bonds is 3. The van der Waals surface area contributed by atoms with Gasteiger partial charge in [0.25, 0.3) is 0 Å². The van der Waals surface area contributed by atoms with Gasteiger partial charge in [-0.3, -0.25) is 0 Å². The average Bonchev–Trinajstić information content (AvgIpc) is 3.62. The molecule has 1 unspecified atom stereocenters. The zero-order valence-electron chi connectivity index (χ0n) is 20.3. The minimum Gasteiger partial charge on any atom is -0.308 e. The fraction of sp³-hybridized carbons (Fsp3) is 0.133. The summed E-state index contributed by atoms with van der Waals surface area (Å²) >= 11 is 7.27. The summed E-state index contributed by atoms with van der Waals surface area (Å²) in [6, 6.07) is 23.4. The van der Waals surface area contributed by atoms with Gasteiger partial charge in [-0.05, 0) is 51.5 Å². The van der Waals surface area contributed by atoms with Crippen molar-refractivity contribution >= 4 is 93.5 Å². The molecule has 7 rings (SSSR count). The molecule has 178 valence electrons. The zero-order valence-corrected chi connectivity index (χ0v) is 24.5. The lowest BCUT2D eigenvalue weighted by molar-refractivity contribution is 0.593. The van der Waals surface area contributed by atoms with Gasteiger partial charge in [0.2, 0.25) is 0 Å². The van der Waals surface area contributed by atoms with Crippen molar-refractivity contribution in [3.8, 4) is 0 Å². The first-order valence-corrected chi connectivity index (χ1v) is 16.9. The van der Waals surface area contributed by atoms with Crippen molar-refractivity contribution in [2.45, 2.75) is 27.7 Å². The summed E-state index contributed by atoms with van der Waals surface area (Å²) in [5, 5.41) is 4.31. The number of hydrogen-bond acceptors (Lipinski definition) is 5. The second kappa shape index (κ2) is 8.11. The Bertz CT molecular complexity index is 1910. The molecule has 0 saturated heterocycles. The molecule has 36 heavy (non-hydrogen) atoms. The molecule has 0 N–H and O–H groups in total. The van der Waals surface area contributed by atoms with E-state index in [2.05, 4.69) is 76.2 Å². The van der Waals surface area contributed by atoms with E-state index in [1.807, 2.05) is 40.9 Å². The molecule has 0 spiro atoms. The normalized spacial score (nSPS) is 17.6.